The fourth-order valence-electron chi connectivity index (χ4n) is 2.08. The lowest BCUT2D eigenvalue weighted by atomic mass is 10.3. The Morgan fingerprint density at radius 2 is 0.667 bits per heavy atom. The zero-order chi connectivity index (χ0) is 17.4. The van der Waals surface area contributed by atoms with Gasteiger partial charge in [0.2, 0.25) is 0 Å². The molecule has 0 N–H and O–H groups in total. The van der Waals surface area contributed by atoms with Crippen LogP contribution in [0.2, 0.25) is 0 Å². The molecule has 0 spiro atoms. The summed E-state index contributed by atoms with van der Waals surface area (Å²) < 4.78 is 39.0. The van der Waals surface area contributed by atoms with Crippen LogP contribution in [0, 0.1) is 0 Å². The van der Waals surface area contributed by atoms with E-state index in [1.54, 1.807) is 0 Å². The van der Waals surface area contributed by atoms with Crippen molar-refractivity contribution in [3.05, 3.63) is 91.0 Å². The van der Waals surface area contributed by atoms with E-state index in [0.29, 0.717) is 0 Å². The summed E-state index contributed by atoms with van der Waals surface area (Å²) in [4.78, 5) is 4.08. The van der Waals surface area contributed by atoms with Crippen LogP contribution in [0.15, 0.2) is 106 Å². The summed E-state index contributed by atoms with van der Waals surface area (Å²) in [5.41, 5.74) is 0. The average molecular weight is 350 g/mol. The highest BCUT2D eigenvalue weighted by atomic mass is 32.2. The lowest BCUT2D eigenvalue weighted by Crippen LogP contribution is -2.04. The van der Waals surface area contributed by atoms with E-state index < -0.39 is 7.25 Å². The van der Waals surface area contributed by atoms with Crippen LogP contribution in [0.4, 0.5) is 17.3 Å². The Labute approximate surface area is 141 Å². The van der Waals surface area contributed by atoms with Gasteiger partial charge in [-0.25, -0.2) is 0 Å². The van der Waals surface area contributed by atoms with Gasteiger partial charge in [-0.2, -0.15) is 0 Å². The van der Waals surface area contributed by atoms with E-state index in [1.165, 1.54) is 14.7 Å². The lowest BCUT2D eigenvalue weighted by molar-refractivity contribution is 0.368. The van der Waals surface area contributed by atoms with Crippen LogP contribution in [0.25, 0.3) is 0 Å². The molecule has 3 aromatic rings. The van der Waals surface area contributed by atoms with Crippen molar-refractivity contribution >= 4 is 18.1 Å². The predicted molar refractivity (Wildman–Crippen MR) is 91.7 cm³/mol. The highest BCUT2D eigenvalue weighted by Gasteiger charge is 2.27. The summed E-state index contributed by atoms with van der Waals surface area (Å²) in [5, 5.41) is 0. The molecule has 0 saturated heterocycles. The van der Waals surface area contributed by atoms with Crippen LogP contribution in [0.5, 0.6) is 0 Å². The van der Waals surface area contributed by atoms with Crippen molar-refractivity contribution in [2.75, 3.05) is 0 Å². The first-order chi connectivity index (χ1) is 11.4. The second kappa shape index (κ2) is 8.59. The van der Waals surface area contributed by atoms with Gasteiger partial charge in [0.05, 0.1) is 10.9 Å². The molecular formula is C18H15BF4S. The number of hydrogen-bond acceptors (Lipinski definition) is 0. The van der Waals surface area contributed by atoms with Crippen LogP contribution in [0.1, 0.15) is 0 Å². The summed E-state index contributed by atoms with van der Waals surface area (Å²) in [5.74, 6) is 0. The lowest BCUT2D eigenvalue weighted by Gasteiger charge is -2.07. The summed E-state index contributed by atoms with van der Waals surface area (Å²) in [7, 11) is -6.01. The Balaban J connectivity index is 0.000000368. The second-order valence-electron chi connectivity index (χ2n) is 4.74. The van der Waals surface area contributed by atoms with E-state index in [-0.39, 0.29) is 10.9 Å². The van der Waals surface area contributed by atoms with Crippen molar-refractivity contribution in [3.8, 4) is 0 Å². The first-order valence-electron chi connectivity index (χ1n) is 7.22. The van der Waals surface area contributed by atoms with Gasteiger partial charge in [0.15, 0.2) is 14.7 Å². The number of benzene rings is 3. The Morgan fingerprint density at radius 1 is 0.458 bits per heavy atom. The van der Waals surface area contributed by atoms with Crippen molar-refractivity contribution in [2.24, 2.45) is 0 Å². The molecule has 0 aliphatic heterocycles. The maximum absolute atomic E-state index is 9.75. The van der Waals surface area contributed by atoms with Crippen molar-refractivity contribution in [1.82, 2.24) is 0 Å². The van der Waals surface area contributed by atoms with Crippen LogP contribution < -0.4 is 0 Å². The molecule has 0 bridgehead atoms. The molecule has 0 aromatic heterocycles. The minimum Gasteiger partial charge on any atom is -0.418 e. The first kappa shape index (κ1) is 18.1. The topological polar surface area (TPSA) is 0 Å². The number of hydrogen-bond donors (Lipinski definition) is 0. The highest BCUT2D eigenvalue weighted by Crippen LogP contribution is 2.30. The summed E-state index contributed by atoms with van der Waals surface area (Å²) in [6, 6.07) is 32.2. The minimum atomic E-state index is -6.00. The van der Waals surface area contributed by atoms with E-state index in [0.717, 1.165) is 0 Å². The molecule has 0 fully saturated rings. The summed E-state index contributed by atoms with van der Waals surface area (Å²) >= 11 is 0. The zero-order valence-corrected chi connectivity index (χ0v) is 13.5. The molecule has 3 rings (SSSR count). The van der Waals surface area contributed by atoms with E-state index in [9.17, 15) is 17.3 Å². The molecule has 24 heavy (non-hydrogen) atoms. The third kappa shape index (κ3) is 6.12. The molecule has 124 valence electrons. The van der Waals surface area contributed by atoms with Crippen LogP contribution >= 0.6 is 0 Å². The third-order valence-corrected chi connectivity index (χ3v) is 5.17. The maximum atomic E-state index is 9.75. The van der Waals surface area contributed by atoms with Gasteiger partial charge in [-0.1, -0.05) is 54.6 Å². The Kier molecular flexibility index (Phi) is 6.49. The van der Waals surface area contributed by atoms with E-state index in [2.05, 4.69) is 91.0 Å². The largest absolute Gasteiger partial charge is 0.673 e. The van der Waals surface area contributed by atoms with Crippen LogP contribution in [-0.4, -0.2) is 7.25 Å². The van der Waals surface area contributed by atoms with Gasteiger partial charge in [0.1, 0.15) is 0 Å². The maximum Gasteiger partial charge on any atom is 0.673 e. The number of halogens is 4. The van der Waals surface area contributed by atoms with Crippen molar-refractivity contribution in [2.45, 2.75) is 14.7 Å². The molecule has 0 aliphatic rings. The fraction of sp³-hybridized carbons (Fsp3) is 0. The fourth-order valence-corrected chi connectivity index (χ4v) is 4.18. The molecule has 0 aliphatic carbocycles. The van der Waals surface area contributed by atoms with Gasteiger partial charge in [0, 0.05) is 0 Å². The highest BCUT2D eigenvalue weighted by molar-refractivity contribution is 7.97. The predicted octanol–water partition coefficient (Wildman–Crippen LogP) is 6.08. The Bertz CT molecular complexity index is 618. The minimum absolute atomic E-state index is 0.0146. The van der Waals surface area contributed by atoms with E-state index in [4.69, 9.17) is 0 Å². The SMILES string of the molecule is F[B-](F)(F)F.c1ccc([S+](c2ccccc2)c2ccccc2)cc1. The standard InChI is InChI=1S/C18H15S.BF4/c1-4-10-16(11-5-1)19(17-12-6-2-7-13-17)18-14-8-3-9-15-18;2-1(3,4)5/h1-15H;/q+1;-1. The summed E-state index contributed by atoms with van der Waals surface area (Å²) in [6.07, 6.45) is 0. The van der Waals surface area contributed by atoms with Crippen molar-refractivity contribution < 1.29 is 17.3 Å². The molecule has 6 heteroatoms. The normalized spacial score (nSPS) is 10.9. The molecule has 0 unspecified atom stereocenters. The van der Waals surface area contributed by atoms with Gasteiger partial charge in [-0.15, -0.1) is 0 Å². The third-order valence-electron chi connectivity index (χ3n) is 2.94. The quantitative estimate of drug-likeness (QED) is 0.305. The molecule has 0 radical (unpaired) electrons. The van der Waals surface area contributed by atoms with E-state index in [1.807, 2.05) is 0 Å². The molecular weight excluding hydrogens is 335 g/mol. The van der Waals surface area contributed by atoms with Crippen LogP contribution in [-0.2, 0) is 10.9 Å². The number of rotatable bonds is 3. The van der Waals surface area contributed by atoms with Crippen molar-refractivity contribution in [3.63, 3.8) is 0 Å². The molecule has 3 aromatic carbocycles. The monoisotopic (exact) mass is 350 g/mol. The van der Waals surface area contributed by atoms with Gasteiger partial charge < -0.3 is 17.3 Å². The zero-order valence-electron chi connectivity index (χ0n) is 12.7. The van der Waals surface area contributed by atoms with Gasteiger partial charge >= 0.3 is 7.25 Å². The molecule has 0 amide bonds. The Hall–Kier alpha value is -2.21. The molecule has 0 saturated carbocycles. The summed E-state index contributed by atoms with van der Waals surface area (Å²) in [6.45, 7) is 0. The van der Waals surface area contributed by atoms with Gasteiger partial charge in [-0.3, -0.25) is 0 Å². The van der Waals surface area contributed by atoms with Gasteiger partial charge in [-0.05, 0) is 36.4 Å². The average Bonchev–Trinajstić information content (AvgIpc) is 2.57. The van der Waals surface area contributed by atoms with Crippen LogP contribution in [0.3, 0.4) is 0 Å². The van der Waals surface area contributed by atoms with E-state index >= 15 is 0 Å². The van der Waals surface area contributed by atoms with Crippen molar-refractivity contribution in [1.29, 1.82) is 0 Å². The molecule has 0 heterocycles. The van der Waals surface area contributed by atoms with Gasteiger partial charge in [0.25, 0.3) is 0 Å². The smallest absolute Gasteiger partial charge is 0.418 e. The second-order valence-corrected chi connectivity index (χ2v) is 6.77. The molecule has 0 atom stereocenters. The Morgan fingerprint density at radius 3 is 0.875 bits per heavy atom. The first-order valence-corrected chi connectivity index (χ1v) is 8.44. The molecule has 0 nitrogen and oxygen atoms in total.